The SMILES string of the molecule is O=C1NC(=S)N(c2cccc(Cl)c2Cl)C(=O)/C1=C/c1cc(I)c(O)c([N+](=O)[O-])c1. The first-order chi connectivity index (χ1) is 13.6. The molecule has 1 saturated heterocycles. The molecule has 2 amide bonds. The molecule has 8 nitrogen and oxygen atoms in total. The molecule has 0 bridgehead atoms. The Bertz CT molecular complexity index is 1140. The van der Waals surface area contributed by atoms with Gasteiger partial charge in [-0.05, 0) is 64.6 Å². The number of halogens is 3. The fourth-order valence-corrected chi connectivity index (χ4v) is 3.83. The van der Waals surface area contributed by atoms with Gasteiger partial charge < -0.3 is 5.11 Å². The smallest absolute Gasteiger partial charge is 0.312 e. The average Bonchev–Trinajstić information content (AvgIpc) is 2.64. The van der Waals surface area contributed by atoms with Crippen LogP contribution >= 0.6 is 58.0 Å². The summed E-state index contributed by atoms with van der Waals surface area (Å²) in [6, 6.07) is 7.03. The van der Waals surface area contributed by atoms with Crippen molar-refractivity contribution in [2.24, 2.45) is 0 Å². The molecule has 1 fully saturated rings. The van der Waals surface area contributed by atoms with Crippen LogP contribution in [0.15, 0.2) is 35.9 Å². The molecule has 0 aromatic heterocycles. The Hall–Kier alpha value is -2.28. The zero-order valence-corrected chi connectivity index (χ0v) is 18.5. The number of carbonyl (C=O) groups is 2. The van der Waals surface area contributed by atoms with E-state index in [1.54, 1.807) is 28.7 Å². The van der Waals surface area contributed by atoms with E-state index in [1.807, 2.05) is 0 Å². The number of nitrogens with one attached hydrogen (secondary N) is 1. The van der Waals surface area contributed by atoms with Gasteiger partial charge in [0, 0.05) is 6.07 Å². The molecule has 12 heteroatoms. The maximum Gasteiger partial charge on any atom is 0.312 e. The first-order valence-corrected chi connectivity index (χ1v) is 9.88. The Kier molecular flexibility index (Phi) is 6.08. The molecule has 29 heavy (non-hydrogen) atoms. The minimum Gasteiger partial charge on any atom is -0.501 e. The van der Waals surface area contributed by atoms with Crippen LogP contribution in [0.25, 0.3) is 6.08 Å². The van der Waals surface area contributed by atoms with Crippen LogP contribution in [-0.2, 0) is 9.59 Å². The summed E-state index contributed by atoms with van der Waals surface area (Å²) in [7, 11) is 0. The number of phenols is 1. The van der Waals surface area contributed by atoms with Crippen LogP contribution in [0.3, 0.4) is 0 Å². The number of hydrogen-bond acceptors (Lipinski definition) is 6. The van der Waals surface area contributed by atoms with Gasteiger partial charge in [0.05, 0.1) is 24.2 Å². The van der Waals surface area contributed by atoms with Crippen LogP contribution < -0.4 is 10.2 Å². The van der Waals surface area contributed by atoms with Gasteiger partial charge >= 0.3 is 5.69 Å². The fourth-order valence-electron chi connectivity index (χ4n) is 2.54. The molecule has 2 aromatic rings. The monoisotopic (exact) mass is 563 g/mol. The number of benzene rings is 2. The molecule has 0 saturated carbocycles. The van der Waals surface area contributed by atoms with Gasteiger partial charge in [-0.15, -0.1) is 0 Å². The first kappa shape index (κ1) is 21.4. The maximum atomic E-state index is 13.0. The molecule has 3 rings (SSSR count). The second kappa shape index (κ2) is 8.22. The lowest BCUT2D eigenvalue weighted by molar-refractivity contribution is -0.386. The summed E-state index contributed by atoms with van der Waals surface area (Å²) in [6.45, 7) is 0. The minimum absolute atomic E-state index is 0.0650. The van der Waals surface area contributed by atoms with Gasteiger partial charge in [0.25, 0.3) is 11.8 Å². The zero-order valence-electron chi connectivity index (χ0n) is 14.0. The molecule has 2 aromatic carbocycles. The van der Waals surface area contributed by atoms with E-state index >= 15 is 0 Å². The molecule has 1 aliphatic rings. The number of anilines is 1. The molecule has 0 aliphatic carbocycles. The molecule has 2 N–H and O–H groups in total. The molecule has 0 radical (unpaired) electrons. The molecule has 1 aliphatic heterocycles. The minimum atomic E-state index is -0.784. The number of nitrogens with zero attached hydrogens (tertiary/aromatic N) is 2. The van der Waals surface area contributed by atoms with Gasteiger partial charge in [0.2, 0.25) is 5.75 Å². The molecule has 0 unspecified atom stereocenters. The molecule has 0 atom stereocenters. The highest BCUT2D eigenvalue weighted by Gasteiger charge is 2.36. The van der Waals surface area contributed by atoms with Crippen molar-refractivity contribution in [2.45, 2.75) is 0 Å². The zero-order chi connectivity index (χ0) is 21.5. The van der Waals surface area contributed by atoms with Crippen molar-refractivity contribution in [3.8, 4) is 5.75 Å². The van der Waals surface area contributed by atoms with Crippen LogP contribution in [0.1, 0.15) is 5.56 Å². The van der Waals surface area contributed by atoms with Crippen molar-refractivity contribution in [2.75, 3.05) is 4.90 Å². The van der Waals surface area contributed by atoms with Crippen molar-refractivity contribution in [1.29, 1.82) is 0 Å². The number of aromatic hydroxyl groups is 1. The summed E-state index contributed by atoms with van der Waals surface area (Å²) in [4.78, 5) is 36.7. The number of nitro groups is 1. The normalized spacial score (nSPS) is 15.6. The number of phenolic OH excluding ortho intramolecular Hbond substituents is 1. The van der Waals surface area contributed by atoms with Crippen molar-refractivity contribution in [3.63, 3.8) is 0 Å². The Morgan fingerprint density at radius 1 is 1.28 bits per heavy atom. The predicted octanol–water partition coefficient (Wildman–Crippen LogP) is 4.04. The van der Waals surface area contributed by atoms with Crippen molar-refractivity contribution in [3.05, 3.63) is 65.2 Å². The summed E-state index contributed by atoms with van der Waals surface area (Å²) >= 11 is 19.0. The Balaban J connectivity index is 2.11. The third kappa shape index (κ3) is 4.06. The van der Waals surface area contributed by atoms with E-state index in [0.717, 1.165) is 11.0 Å². The molecule has 1 heterocycles. The van der Waals surface area contributed by atoms with Gasteiger partial charge in [0.1, 0.15) is 5.57 Å². The quantitative estimate of drug-likeness (QED) is 0.145. The van der Waals surface area contributed by atoms with E-state index in [4.69, 9.17) is 35.4 Å². The number of hydrogen-bond donors (Lipinski definition) is 2. The predicted molar refractivity (Wildman–Crippen MR) is 120 cm³/mol. The molecule has 148 valence electrons. The van der Waals surface area contributed by atoms with Gasteiger partial charge in [-0.3, -0.25) is 29.9 Å². The Labute approximate surface area is 192 Å². The van der Waals surface area contributed by atoms with Crippen molar-refractivity contribution in [1.82, 2.24) is 5.32 Å². The molecule has 0 spiro atoms. The summed E-state index contributed by atoms with van der Waals surface area (Å²) in [5.74, 6) is -2.07. The number of amides is 2. The van der Waals surface area contributed by atoms with Gasteiger partial charge in [0.15, 0.2) is 5.11 Å². The van der Waals surface area contributed by atoms with Crippen molar-refractivity contribution >= 4 is 92.4 Å². The van der Waals surface area contributed by atoms with E-state index < -0.39 is 28.2 Å². The summed E-state index contributed by atoms with van der Waals surface area (Å²) < 4.78 is 0.178. The van der Waals surface area contributed by atoms with Gasteiger partial charge in [-0.1, -0.05) is 29.3 Å². The lowest BCUT2D eigenvalue weighted by Gasteiger charge is -2.29. The number of thiocarbonyl (C=S) groups is 1. The topological polar surface area (TPSA) is 113 Å². The summed E-state index contributed by atoms with van der Waals surface area (Å²) in [6.07, 6.45) is 1.17. The van der Waals surface area contributed by atoms with Crippen LogP contribution in [-0.4, -0.2) is 27.0 Å². The maximum absolute atomic E-state index is 13.0. The summed E-state index contributed by atoms with van der Waals surface area (Å²) in [5.41, 5.74) is -0.545. The lowest BCUT2D eigenvalue weighted by Crippen LogP contribution is -2.54. The van der Waals surface area contributed by atoms with Gasteiger partial charge in [-0.2, -0.15) is 0 Å². The van der Waals surface area contributed by atoms with Crippen LogP contribution in [0, 0.1) is 13.7 Å². The lowest BCUT2D eigenvalue weighted by atomic mass is 10.1. The van der Waals surface area contributed by atoms with Crippen molar-refractivity contribution < 1.29 is 19.6 Å². The third-order valence-corrected chi connectivity index (χ3v) is 5.76. The summed E-state index contributed by atoms with van der Waals surface area (Å²) in [5, 5.41) is 23.4. The second-order valence-electron chi connectivity index (χ2n) is 5.66. The number of carbonyl (C=O) groups excluding carboxylic acids is 2. The standard InChI is InChI=1S/C17H8Cl2IN3O5S/c18-9-2-1-3-11(13(9)19)22-16(26)8(15(25)21-17(22)29)4-7-5-10(20)14(24)12(6-7)23(27)28/h1-6,24H,(H,21,25,29)/b8-4+. The molecular formula is C17H8Cl2IN3O5S. The van der Waals surface area contributed by atoms with Crippen LogP contribution in [0.2, 0.25) is 10.0 Å². The van der Waals surface area contributed by atoms with E-state index in [-0.39, 0.29) is 35.6 Å². The Morgan fingerprint density at radius 3 is 2.62 bits per heavy atom. The first-order valence-electron chi connectivity index (χ1n) is 7.64. The van der Waals surface area contributed by atoms with E-state index in [0.29, 0.717) is 0 Å². The third-order valence-electron chi connectivity index (χ3n) is 3.85. The highest BCUT2D eigenvalue weighted by Crippen LogP contribution is 2.36. The van der Waals surface area contributed by atoms with E-state index in [9.17, 15) is 24.8 Å². The number of nitro benzene ring substituents is 1. The van der Waals surface area contributed by atoms with E-state index in [2.05, 4.69) is 5.32 Å². The second-order valence-corrected chi connectivity index (χ2v) is 7.99. The highest BCUT2D eigenvalue weighted by atomic mass is 127. The Morgan fingerprint density at radius 2 is 1.97 bits per heavy atom. The fraction of sp³-hybridized carbons (Fsp3) is 0. The van der Waals surface area contributed by atoms with Gasteiger partial charge in [-0.25, -0.2) is 0 Å². The molecular weight excluding hydrogens is 556 g/mol. The highest BCUT2D eigenvalue weighted by molar-refractivity contribution is 14.1. The largest absolute Gasteiger partial charge is 0.501 e. The number of rotatable bonds is 3. The van der Waals surface area contributed by atoms with Crippen LogP contribution in [0.4, 0.5) is 11.4 Å². The average molecular weight is 564 g/mol. The van der Waals surface area contributed by atoms with Crippen LogP contribution in [0.5, 0.6) is 5.75 Å². The van der Waals surface area contributed by atoms with E-state index in [1.165, 1.54) is 24.3 Å².